The van der Waals surface area contributed by atoms with Gasteiger partial charge in [-0.3, -0.25) is 4.79 Å². The van der Waals surface area contributed by atoms with Crippen LogP contribution < -0.4 is 10.8 Å². The second-order valence-electron chi connectivity index (χ2n) is 8.80. The van der Waals surface area contributed by atoms with Crippen molar-refractivity contribution in [1.82, 2.24) is 5.32 Å². The molecule has 4 rings (SSSR count). The van der Waals surface area contributed by atoms with E-state index in [1.807, 2.05) is 0 Å². The number of halogens is 2. The molecule has 2 atom stereocenters. The predicted octanol–water partition coefficient (Wildman–Crippen LogP) is 2.94. The summed E-state index contributed by atoms with van der Waals surface area (Å²) in [6, 6.07) is 13.3. The molecule has 0 saturated carbocycles. The van der Waals surface area contributed by atoms with Crippen molar-refractivity contribution in [1.29, 1.82) is 0 Å². The Morgan fingerprint density at radius 2 is 1.59 bits per heavy atom. The molecule has 2 N–H and O–H groups in total. The third-order valence-electron chi connectivity index (χ3n) is 6.22. The number of fused-ring (bicyclic) bond motifs is 1. The maximum Gasteiger partial charge on any atom is 0.492 e. The Hall–Kier alpha value is -3.60. The van der Waals surface area contributed by atoms with Crippen LogP contribution in [0.4, 0.5) is 8.78 Å². The third-order valence-corrected chi connectivity index (χ3v) is 6.22. The zero-order valence-electron chi connectivity index (χ0n) is 20.4. The Kier molecular flexibility index (Phi) is 8.32. The van der Waals surface area contributed by atoms with Gasteiger partial charge >= 0.3 is 13.1 Å². The molecule has 1 aliphatic rings. The van der Waals surface area contributed by atoms with Crippen LogP contribution in [0.5, 0.6) is 0 Å². The number of nitrogens with one attached hydrogen (secondary N) is 1. The molecule has 0 saturated heterocycles. The summed E-state index contributed by atoms with van der Waals surface area (Å²) in [7, 11) is -1.13. The standard InChI is InChI=1S/C27H26BF2NO6/c1-16-23(12-7-20-15-37-28(34)24(16)20)26(32)31-25(17(2)35-13-18-3-8-21(29)9-4-18)27(33)36-14-19-5-10-22(30)11-6-19/h3-12,17,25,34H,13-15H2,1-2H3,(H,31,32). The van der Waals surface area contributed by atoms with E-state index in [2.05, 4.69) is 5.32 Å². The number of hydrogen-bond donors (Lipinski definition) is 2. The summed E-state index contributed by atoms with van der Waals surface area (Å²) in [6.45, 7) is 3.49. The van der Waals surface area contributed by atoms with E-state index >= 15 is 0 Å². The number of esters is 1. The zero-order chi connectivity index (χ0) is 26.5. The monoisotopic (exact) mass is 509 g/mol. The van der Waals surface area contributed by atoms with Crippen LogP contribution in [0, 0.1) is 18.6 Å². The first-order valence-electron chi connectivity index (χ1n) is 11.7. The summed E-state index contributed by atoms with van der Waals surface area (Å²) in [5.74, 6) is -2.10. The number of carbonyl (C=O) groups excluding carboxylic acids is 2. The van der Waals surface area contributed by atoms with E-state index in [0.29, 0.717) is 22.2 Å². The summed E-state index contributed by atoms with van der Waals surface area (Å²) < 4.78 is 42.9. The SMILES string of the molecule is Cc1c(C(=O)NC(C(=O)OCc2ccc(F)cc2)C(C)OCc2ccc(F)cc2)ccc2c1B(O)OC2. The Bertz CT molecular complexity index is 1270. The van der Waals surface area contributed by atoms with Crippen LogP contribution >= 0.6 is 0 Å². The smallest absolute Gasteiger partial charge is 0.459 e. The Morgan fingerprint density at radius 3 is 2.22 bits per heavy atom. The first-order valence-corrected chi connectivity index (χ1v) is 11.7. The van der Waals surface area contributed by atoms with E-state index in [1.165, 1.54) is 36.4 Å². The lowest BCUT2D eigenvalue weighted by Gasteiger charge is -2.24. The number of benzene rings is 3. The van der Waals surface area contributed by atoms with Gasteiger partial charge in [0.2, 0.25) is 0 Å². The molecule has 10 heteroatoms. The molecule has 1 heterocycles. The molecular weight excluding hydrogens is 483 g/mol. The molecule has 0 radical (unpaired) electrons. The van der Waals surface area contributed by atoms with Gasteiger partial charge in [-0.2, -0.15) is 0 Å². The summed E-state index contributed by atoms with van der Waals surface area (Å²) in [6.07, 6.45) is -0.821. The van der Waals surface area contributed by atoms with Crippen molar-refractivity contribution in [2.24, 2.45) is 0 Å². The quantitative estimate of drug-likeness (QED) is 0.341. The van der Waals surface area contributed by atoms with Crippen molar-refractivity contribution < 1.29 is 37.5 Å². The summed E-state index contributed by atoms with van der Waals surface area (Å²) in [5.41, 5.74) is 3.38. The van der Waals surface area contributed by atoms with Crippen LogP contribution in [0.3, 0.4) is 0 Å². The van der Waals surface area contributed by atoms with E-state index in [0.717, 1.165) is 5.56 Å². The molecule has 1 aliphatic heterocycles. The normalized spacial score (nSPS) is 14.1. The zero-order valence-corrected chi connectivity index (χ0v) is 20.4. The average molecular weight is 509 g/mol. The Balaban J connectivity index is 1.50. The van der Waals surface area contributed by atoms with Gasteiger partial charge in [-0.15, -0.1) is 0 Å². The number of rotatable bonds is 9. The molecule has 192 valence electrons. The maximum atomic E-state index is 13.2. The van der Waals surface area contributed by atoms with Gasteiger partial charge in [0.25, 0.3) is 5.91 Å². The molecule has 3 aromatic rings. The highest BCUT2D eigenvalue weighted by atomic mass is 19.1. The van der Waals surface area contributed by atoms with Gasteiger partial charge in [0.15, 0.2) is 6.04 Å². The van der Waals surface area contributed by atoms with Gasteiger partial charge < -0.3 is 24.5 Å². The van der Waals surface area contributed by atoms with Crippen molar-refractivity contribution in [2.45, 2.75) is 45.8 Å². The number of hydrogen-bond acceptors (Lipinski definition) is 6. The van der Waals surface area contributed by atoms with Crippen LogP contribution in [0.2, 0.25) is 0 Å². The Labute approximate surface area is 213 Å². The number of ether oxygens (including phenoxy) is 2. The van der Waals surface area contributed by atoms with Crippen LogP contribution in [-0.4, -0.2) is 36.2 Å². The molecule has 2 unspecified atom stereocenters. The van der Waals surface area contributed by atoms with E-state index in [1.54, 1.807) is 38.1 Å². The molecule has 3 aromatic carbocycles. The van der Waals surface area contributed by atoms with Crippen LogP contribution in [0.1, 0.15) is 39.5 Å². The number of amides is 1. The van der Waals surface area contributed by atoms with Crippen LogP contribution in [0.25, 0.3) is 0 Å². The molecule has 7 nitrogen and oxygen atoms in total. The van der Waals surface area contributed by atoms with E-state index in [-0.39, 0.29) is 31.2 Å². The second kappa shape index (κ2) is 11.6. The highest BCUT2D eigenvalue weighted by Crippen LogP contribution is 2.17. The van der Waals surface area contributed by atoms with Crippen molar-refractivity contribution in [3.8, 4) is 0 Å². The largest absolute Gasteiger partial charge is 0.492 e. The van der Waals surface area contributed by atoms with Gasteiger partial charge in [-0.05, 0) is 71.9 Å². The molecule has 0 aromatic heterocycles. The highest BCUT2D eigenvalue weighted by molar-refractivity contribution is 6.62. The van der Waals surface area contributed by atoms with E-state index < -0.39 is 37.0 Å². The molecular formula is C27H26BF2NO6. The summed E-state index contributed by atoms with van der Waals surface area (Å²) >= 11 is 0. The van der Waals surface area contributed by atoms with Crippen LogP contribution in [0.15, 0.2) is 60.7 Å². The van der Waals surface area contributed by atoms with E-state index in [4.69, 9.17) is 14.1 Å². The van der Waals surface area contributed by atoms with Gasteiger partial charge in [0, 0.05) is 5.56 Å². The van der Waals surface area contributed by atoms with Gasteiger partial charge in [-0.25, -0.2) is 13.6 Å². The molecule has 37 heavy (non-hydrogen) atoms. The van der Waals surface area contributed by atoms with Crippen LogP contribution in [-0.2, 0) is 38.7 Å². The fourth-order valence-electron chi connectivity index (χ4n) is 4.07. The first-order chi connectivity index (χ1) is 17.7. The predicted molar refractivity (Wildman–Crippen MR) is 132 cm³/mol. The van der Waals surface area contributed by atoms with Gasteiger partial charge in [0.1, 0.15) is 18.2 Å². The molecule has 0 bridgehead atoms. The molecule has 0 aliphatic carbocycles. The fourth-order valence-corrected chi connectivity index (χ4v) is 4.07. The third kappa shape index (κ3) is 6.40. The Morgan fingerprint density at radius 1 is 1.00 bits per heavy atom. The number of carbonyl (C=O) groups is 2. The molecule has 0 spiro atoms. The van der Waals surface area contributed by atoms with Crippen molar-refractivity contribution in [3.63, 3.8) is 0 Å². The minimum Gasteiger partial charge on any atom is -0.459 e. The lowest BCUT2D eigenvalue weighted by molar-refractivity contribution is -0.151. The average Bonchev–Trinajstić information content (AvgIpc) is 3.27. The fraction of sp³-hybridized carbons (Fsp3) is 0.259. The molecule has 1 amide bonds. The van der Waals surface area contributed by atoms with Crippen molar-refractivity contribution in [3.05, 3.63) is 100 Å². The van der Waals surface area contributed by atoms with E-state index in [9.17, 15) is 23.4 Å². The first kappa shape index (κ1) is 26.5. The maximum absolute atomic E-state index is 13.2. The second-order valence-corrected chi connectivity index (χ2v) is 8.80. The topological polar surface area (TPSA) is 94.1 Å². The van der Waals surface area contributed by atoms with Crippen molar-refractivity contribution in [2.75, 3.05) is 0 Å². The minimum absolute atomic E-state index is 0.0699. The summed E-state index contributed by atoms with van der Waals surface area (Å²) in [5, 5.41) is 12.8. The lowest BCUT2D eigenvalue weighted by Crippen LogP contribution is -2.49. The van der Waals surface area contributed by atoms with Gasteiger partial charge in [-0.1, -0.05) is 30.3 Å². The molecule has 0 fully saturated rings. The summed E-state index contributed by atoms with van der Waals surface area (Å²) in [4.78, 5) is 26.3. The lowest BCUT2D eigenvalue weighted by atomic mass is 9.75. The van der Waals surface area contributed by atoms with Crippen molar-refractivity contribution >= 4 is 24.5 Å². The van der Waals surface area contributed by atoms with Gasteiger partial charge in [0.05, 0.1) is 19.3 Å². The minimum atomic E-state index is -1.19. The highest BCUT2D eigenvalue weighted by Gasteiger charge is 2.33.